The van der Waals surface area contributed by atoms with Crippen LogP contribution in [0.25, 0.3) is 0 Å². The maximum atomic E-state index is 11.0. The van der Waals surface area contributed by atoms with Gasteiger partial charge in [-0.15, -0.1) is 0 Å². The Balaban J connectivity index is 1.71. The molecular weight excluding hydrogens is 178 g/mol. The molecule has 14 heavy (non-hydrogen) atoms. The van der Waals surface area contributed by atoms with E-state index in [-0.39, 0.29) is 5.78 Å². The highest BCUT2D eigenvalue weighted by atomic mass is 16.5. The fraction of sp³-hybridized carbons (Fsp3) is 0.727. The van der Waals surface area contributed by atoms with Crippen molar-refractivity contribution in [3.05, 3.63) is 11.8 Å². The molecule has 2 rings (SSSR count). The minimum absolute atomic E-state index is 0.257. The first-order valence-electron chi connectivity index (χ1n) is 5.39. The smallest absolute Gasteiger partial charge is 0.157 e. The van der Waals surface area contributed by atoms with Crippen molar-refractivity contribution in [1.82, 2.24) is 5.32 Å². The number of carbonyl (C=O) groups is 1. The molecule has 1 saturated heterocycles. The molecule has 1 atom stereocenters. The standard InChI is InChI=1S/C11H17NO2/c13-11-4-3-10(6-11)12-7-9-2-1-5-14-8-9/h6,9,12H,1-5,7-8H2. The second kappa shape index (κ2) is 4.60. The van der Waals surface area contributed by atoms with Gasteiger partial charge in [0.2, 0.25) is 0 Å². The van der Waals surface area contributed by atoms with Gasteiger partial charge >= 0.3 is 0 Å². The van der Waals surface area contributed by atoms with Gasteiger partial charge in [0.25, 0.3) is 0 Å². The monoisotopic (exact) mass is 195 g/mol. The Hall–Kier alpha value is -0.830. The summed E-state index contributed by atoms with van der Waals surface area (Å²) in [7, 11) is 0. The number of rotatable bonds is 3. The highest BCUT2D eigenvalue weighted by molar-refractivity contribution is 5.92. The number of hydrogen-bond acceptors (Lipinski definition) is 3. The zero-order valence-corrected chi connectivity index (χ0v) is 8.42. The van der Waals surface area contributed by atoms with Gasteiger partial charge in [-0.05, 0) is 25.2 Å². The quantitative estimate of drug-likeness (QED) is 0.736. The van der Waals surface area contributed by atoms with E-state index in [1.54, 1.807) is 6.08 Å². The lowest BCUT2D eigenvalue weighted by Crippen LogP contribution is -2.28. The summed E-state index contributed by atoms with van der Waals surface area (Å²) >= 11 is 0. The van der Waals surface area contributed by atoms with Gasteiger partial charge in [-0.25, -0.2) is 0 Å². The van der Waals surface area contributed by atoms with Gasteiger partial charge in [-0.1, -0.05) is 0 Å². The molecule has 0 saturated carbocycles. The van der Waals surface area contributed by atoms with Crippen LogP contribution in [0.15, 0.2) is 11.8 Å². The van der Waals surface area contributed by atoms with Crippen LogP contribution in [-0.2, 0) is 9.53 Å². The number of ketones is 1. The summed E-state index contributed by atoms with van der Waals surface area (Å²) < 4.78 is 5.39. The first-order valence-corrected chi connectivity index (χ1v) is 5.39. The first-order chi connectivity index (χ1) is 6.84. The van der Waals surface area contributed by atoms with Crippen LogP contribution in [0, 0.1) is 5.92 Å². The van der Waals surface area contributed by atoms with Crippen molar-refractivity contribution >= 4 is 5.78 Å². The predicted molar refractivity (Wildman–Crippen MR) is 53.9 cm³/mol. The third kappa shape index (κ3) is 2.58. The van der Waals surface area contributed by atoms with Crippen LogP contribution in [0.1, 0.15) is 25.7 Å². The Bertz CT molecular complexity index is 242. The molecule has 1 aliphatic heterocycles. The van der Waals surface area contributed by atoms with E-state index < -0.39 is 0 Å². The van der Waals surface area contributed by atoms with Crippen LogP contribution in [0.4, 0.5) is 0 Å². The zero-order chi connectivity index (χ0) is 9.80. The molecule has 0 aromatic carbocycles. The summed E-state index contributed by atoms with van der Waals surface area (Å²) in [6, 6.07) is 0. The average Bonchev–Trinajstić information content (AvgIpc) is 2.63. The SMILES string of the molecule is O=C1C=C(NCC2CCCOC2)CC1. The summed E-state index contributed by atoms with van der Waals surface area (Å²) in [5.41, 5.74) is 1.11. The van der Waals surface area contributed by atoms with Crippen molar-refractivity contribution in [2.24, 2.45) is 5.92 Å². The lowest BCUT2D eigenvalue weighted by atomic mass is 10.0. The molecule has 78 valence electrons. The van der Waals surface area contributed by atoms with E-state index in [0.717, 1.165) is 31.9 Å². The second-order valence-corrected chi connectivity index (χ2v) is 4.10. The van der Waals surface area contributed by atoms with Crippen molar-refractivity contribution in [3.63, 3.8) is 0 Å². The minimum atomic E-state index is 0.257. The van der Waals surface area contributed by atoms with Crippen molar-refractivity contribution in [3.8, 4) is 0 Å². The molecule has 1 fully saturated rings. The van der Waals surface area contributed by atoms with Crippen LogP contribution < -0.4 is 5.32 Å². The fourth-order valence-electron chi connectivity index (χ4n) is 1.98. The largest absolute Gasteiger partial charge is 0.388 e. The summed E-state index contributed by atoms with van der Waals surface area (Å²) in [6.45, 7) is 2.74. The van der Waals surface area contributed by atoms with E-state index in [1.807, 2.05) is 0 Å². The van der Waals surface area contributed by atoms with Gasteiger partial charge in [-0.3, -0.25) is 4.79 Å². The van der Waals surface area contributed by atoms with E-state index >= 15 is 0 Å². The van der Waals surface area contributed by atoms with Crippen molar-refractivity contribution in [1.29, 1.82) is 0 Å². The molecule has 1 unspecified atom stereocenters. The highest BCUT2D eigenvalue weighted by Crippen LogP contribution is 2.15. The highest BCUT2D eigenvalue weighted by Gasteiger charge is 2.16. The molecule has 1 heterocycles. The van der Waals surface area contributed by atoms with E-state index in [9.17, 15) is 4.79 Å². The van der Waals surface area contributed by atoms with Gasteiger partial charge in [0.05, 0.1) is 6.61 Å². The van der Waals surface area contributed by atoms with E-state index in [2.05, 4.69) is 5.32 Å². The van der Waals surface area contributed by atoms with Crippen LogP contribution >= 0.6 is 0 Å². The first kappa shape index (κ1) is 9.71. The van der Waals surface area contributed by atoms with Crippen LogP contribution in [0.5, 0.6) is 0 Å². The lowest BCUT2D eigenvalue weighted by Gasteiger charge is -2.22. The van der Waals surface area contributed by atoms with Gasteiger partial charge in [0.15, 0.2) is 5.78 Å². The summed E-state index contributed by atoms with van der Waals surface area (Å²) in [6.07, 6.45) is 5.73. The number of carbonyl (C=O) groups excluding carboxylic acids is 1. The molecule has 0 aromatic rings. The molecule has 1 aliphatic carbocycles. The van der Waals surface area contributed by atoms with Crippen LogP contribution in [0.3, 0.4) is 0 Å². The van der Waals surface area contributed by atoms with Gasteiger partial charge in [0.1, 0.15) is 0 Å². The summed E-state index contributed by atoms with van der Waals surface area (Å²) in [4.78, 5) is 11.0. The molecule has 0 radical (unpaired) electrons. The molecule has 0 bridgehead atoms. The maximum absolute atomic E-state index is 11.0. The molecule has 2 aliphatic rings. The van der Waals surface area contributed by atoms with E-state index in [1.165, 1.54) is 12.8 Å². The summed E-state index contributed by atoms with van der Waals surface area (Å²) in [5.74, 6) is 0.882. The number of ether oxygens (including phenoxy) is 1. The lowest BCUT2D eigenvalue weighted by molar-refractivity contribution is -0.114. The van der Waals surface area contributed by atoms with Crippen molar-refractivity contribution < 1.29 is 9.53 Å². The Morgan fingerprint density at radius 2 is 2.43 bits per heavy atom. The Morgan fingerprint density at radius 1 is 1.50 bits per heavy atom. The summed E-state index contributed by atoms with van der Waals surface area (Å²) in [5, 5.41) is 3.34. The Morgan fingerprint density at radius 3 is 3.07 bits per heavy atom. The minimum Gasteiger partial charge on any atom is -0.388 e. The van der Waals surface area contributed by atoms with E-state index in [0.29, 0.717) is 12.3 Å². The molecule has 0 aromatic heterocycles. The molecular formula is C11H17NO2. The average molecular weight is 195 g/mol. The fourth-order valence-corrected chi connectivity index (χ4v) is 1.98. The molecule has 0 spiro atoms. The predicted octanol–water partition coefficient (Wildman–Crippen LogP) is 1.25. The van der Waals surface area contributed by atoms with Crippen LogP contribution in [-0.4, -0.2) is 25.5 Å². The van der Waals surface area contributed by atoms with Gasteiger partial charge in [0, 0.05) is 31.3 Å². The molecule has 0 amide bonds. The van der Waals surface area contributed by atoms with Gasteiger partial charge in [-0.2, -0.15) is 0 Å². The third-order valence-electron chi connectivity index (χ3n) is 2.85. The number of hydrogen-bond donors (Lipinski definition) is 1. The van der Waals surface area contributed by atoms with Gasteiger partial charge < -0.3 is 10.1 Å². The van der Waals surface area contributed by atoms with Crippen LogP contribution in [0.2, 0.25) is 0 Å². The Kier molecular flexibility index (Phi) is 3.19. The molecule has 3 heteroatoms. The normalized spacial score (nSPS) is 27.6. The van der Waals surface area contributed by atoms with Crippen molar-refractivity contribution in [2.75, 3.05) is 19.8 Å². The number of nitrogens with one attached hydrogen (secondary N) is 1. The zero-order valence-electron chi connectivity index (χ0n) is 8.42. The number of allylic oxidation sites excluding steroid dienone is 2. The van der Waals surface area contributed by atoms with Crippen molar-refractivity contribution in [2.45, 2.75) is 25.7 Å². The third-order valence-corrected chi connectivity index (χ3v) is 2.85. The van der Waals surface area contributed by atoms with E-state index in [4.69, 9.17) is 4.74 Å². The molecule has 3 nitrogen and oxygen atoms in total. The Labute approximate surface area is 84.5 Å². The maximum Gasteiger partial charge on any atom is 0.157 e. The topological polar surface area (TPSA) is 38.3 Å². The second-order valence-electron chi connectivity index (χ2n) is 4.10. The molecule has 1 N–H and O–H groups in total.